The summed E-state index contributed by atoms with van der Waals surface area (Å²) in [4.78, 5) is 2.36. The summed E-state index contributed by atoms with van der Waals surface area (Å²) in [5.74, 6) is -0.107. The average molecular weight is 301 g/mol. The summed E-state index contributed by atoms with van der Waals surface area (Å²) in [5, 5.41) is 3.33. The van der Waals surface area contributed by atoms with E-state index in [-0.39, 0.29) is 11.9 Å². The maximum absolute atomic E-state index is 14.0. The van der Waals surface area contributed by atoms with Crippen LogP contribution >= 0.6 is 15.9 Å². The van der Waals surface area contributed by atoms with Gasteiger partial charge < -0.3 is 5.32 Å². The molecule has 0 amide bonds. The molecular weight excluding hydrogens is 283 g/mol. The highest BCUT2D eigenvalue weighted by atomic mass is 79.9. The fourth-order valence-electron chi connectivity index (χ4n) is 2.47. The first-order chi connectivity index (χ1) is 8.24. The van der Waals surface area contributed by atoms with E-state index in [1.807, 2.05) is 6.07 Å². The zero-order chi connectivity index (χ0) is 12.3. The molecule has 1 aliphatic heterocycles. The van der Waals surface area contributed by atoms with E-state index < -0.39 is 0 Å². The van der Waals surface area contributed by atoms with Gasteiger partial charge >= 0.3 is 0 Å². The third kappa shape index (κ3) is 2.87. The number of hydrogen-bond acceptors (Lipinski definition) is 2. The largest absolute Gasteiger partial charge is 0.314 e. The molecule has 0 saturated carbocycles. The number of nitrogens with one attached hydrogen (secondary N) is 1. The Kier molecular flexibility index (Phi) is 4.54. The average Bonchev–Trinajstić information content (AvgIpc) is 2.35. The quantitative estimate of drug-likeness (QED) is 0.923. The number of piperazine rings is 1. The molecule has 4 heteroatoms. The Morgan fingerprint density at radius 3 is 2.71 bits per heavy atom. The van der Waals surface area contributed by atoms with E-state index in [0.29, 0.717) is 0 Å². The van der Waals surface area contributed by atoms with Gasteiger partial charge in [0.05, 0.1) is 0 Å². The molecule has 2 rings (SSSR count). The standard InChI is InChI=1S/C13H18BrFN2/c1-2-12(17-8-6-16-7-9-17)13-10(14)4-3-5-11(13)15/h3-5,12,16H,2,6-9H2,1H3/t12-/m1/s1. The third-order valence-corrected chi connectivity index (χ3v) is 4.00. The van der Waals surface area contributed by atoms with Crippen molar-refractivity contribution in [2.24, 2.45) is 0 Å². The van der Waals surface area contributed by atoms with Gasteiger partial charge in [0.1, 0.15) is 5.82 Å². The second kappa shape index (κ2) is 5.94. The second-order valence-electron chi connectivity index (χ2n) is 4.35. The Hall–Kier alpha value is -0.450. The molecule has 0 aliphatic carbocycles. The van der Waals surface area contributed by atoms with Crippen molar-refractivity contribution in [1.29, 1.82) is 0 Å². The Labute approximate surface area is 110 Å². The number of rotatable bonds is 3. The van der Waals surface area contributed by atoms with Gasteiger partial charge in [-0.25, -0.2) is 4.39 Å². The van der Waals surface area contributed by atoms with E-state index in [9.17, 15) is 4.39 Å². The van der Waals surface area contributed by atoms with E-state index in [1.165, 1.54) is 0 Å². The summed E-state index contributed by atoms with van der Waals surface area (Å²) in [6.07, 6.45) is 0.930. The zero-order valence-corrected chi connectivity index (χ0v) is 11.6. The van der Waals surface area contributed by atoms with Crippen molar-refractivity contribution in [2.45, 2.75) is 19.4 Å². The van der Waals surface area contributed by atoms with Crippen LogP contribution in [0.15, 0.2) is 22.7 Å². The molecule has 1 atom stereocenters. The van der Waals surface area contributed by atoms with Crippen LogP contribution in [0.3, 0.4) is 0 Å². The predicted molar refractivity (Wildman–Crippen MR) is 71.6 cm³/mol. The lowest BCUT2D eigenvalue weighted by Gasteiger charge is -2.35. The molecule has 17 heavy (non-hydrogen) atoms. The Bertz CT molecular complexity index is 357. The molecule has 0 spiro atoms. The zero-order valence-electron chi connectivity index (χ0n) is 10.0. The molecule has 0 aromatic heterocycles. The summed E-state index contributed by atoms with van der Waals surface area (Å²) in [5.41, 5.74) is 0.803. The molecule has 0 unspecified atom stereocenters. The van der Waals surface area contributed by atoms with Gasteiger partial charge in [0, 0.05) is 42.3 Å². The highest BCUT2D eigenvalue weighted by Crippen LogP contribution is 2.32. The van der Waals surface area contributed by atoms with Gasteiger partial charge in [-0.15, -0.1) is 0 Å². The highest BCUT2D eigenvalue weighted by Gasteiger charge is 2.24. The van der Waals surface area contributed by atoms with Crippen LogP contribution in [0.25, 0.3) is 0 Å². The summed E-state index contributed by atoms with van der Waals surface area (Å²) in [6, 6.07) is 5.38. The van der Waals surface area contributed by atoms with Gasteiger partial charge in [-0.1, -0.05) is 28.9 Å². The molecule has 1 aromatic carbocycles. The SMILES string of the molecule is CC[C@H](c1c(F)cccc1Br)N1CCNCC1. The molecule has 1 aromatic rings. The number of benzene rings is 1. The topological polar surface area (TPSA) is 15.3 Å². The van der Waals surface area contributed by atoms with Crippen molar-refractivity contribution in [1.82, 2.24) is 10.2 Å². The van der Waals surface area contributed by atoms with Crippen LogP contribution in [-0.2, 0) is 0 Å². The van der Waals surface area contributed by atoms with Gasteiger partial charge in [-0.05, 0) is 18.6 Å². The van der Waals surface area contributed by atoms with Gasteiger partial charge in [-0.3, -0.25) is 4.90 Å². The Morgan fingerprint density at radius 2 is 2.12 bits per heavy atom. The van der Waals surface area contributed by atoms with Crippen LogP contribution in [0, 0.1) is 5.82 Å². The number of halogens is 2. The van der Waals surface area contributed by atoms with Crippen molar-refractivity contribution < 1.29 is 4.39 Å². The summed E-state index contributed by atoms with van der Waals surface area (Å²) in [6.45, 7) is 6.06. The maximum Gasteiger partial charge on any atom is 0.129 e. The van der Waals surface area contributed by atoms with E-state index in [4.69, 9.17) is 0 Å². The van der Waals surface area contributed by atoms with Crippen LogP contribution < -0.4 is 5.32 Å². The first kappa shape index (κ1) is 13.0. The molecule has 1 heterocycles. The van der Waals surface area contributed by atoms with Crippen LogP contribution in [0.5, 0.6) is 0 Å². The fourth-order valence-corrected chi connectivity index (χ4v) is 3.07. The minimum atomic E-state index is -0.107. The van der Waals surface area contributed by atoms with Crippen LogP contribution in [-0.4, -0.2) is 31.1 Å². The van der Waals surface area contributed by atoms with E-state index in [0.717, 1.165) is 42.6 Å². The molecule has 94 valence electrons. The molecule has 2 nitrogen and oxygen atoms in total. The lowest BCUT2D eigenvalue weighted by Crippen LogP contribution is -2.45. The molecule has 1 saturated heterocycles. The second-order valence-corrected chi connectivity index (χ2v) is 5.20. The van der Waals surface area contributed by atoms with Gasteiger partial charge in [0.15, 0.2) is 0 Å². The van der Waals surface area contributed by atoms with Gasteiger partial charge in [0.25, 0.3) is 0 Å². The molecular formula is C13H18BrFN2. The maximum atomic E-state index is 14.0. The Balaban J connectivity index is 2.27. The molecule has 0 bridgehead atoms. The summed E-state index contributed by atoms with van der Waals surface area (Å²) < 4.78 is 14.8. The molecule has 0 radical (unpaired) electrons. The predicted octanol–water partition coefficient (Wildman–Crippen LogP) is 2.94. The number of nitrogens with zero attached hydrogens (tertiary/aromatic N) is 1. The van der Waals surface area contributed by atoms with E-state index in [2.05, 4.69) is 33.1 Å². The molecule has 1 N–H and O–H groups in total. The molecule has 1 fully saturated rings. The Morgan fingerprint density at radius 1 is 1.41 bits per heavy atom. The monoisotopic (exact) mass is 300 g/mol. The van der Waals surface area contributed by atoms with Gasteiger partial charge in [0.2, 0.25) is 0 Å². The van der Waals surface area contributed by atoms with Crippen molar-refractivity contribution in [3.63, 3.8) is 0 Å². The van der Waals surface area contributed by atoms with Crippen LogP contribution in [0.1, 0.15) is 24.9 Å². The normalized spacial score (nSPS) is 19.2. The van der Waals surface area contributed by atoms with E-state index >= 15 is 0 Å². The van der Waals surface area contributed by atoms with Gasteiger partial charge in [-0.2, -0.15) is 0 Å². The summed E-state index contributed by atoms with van der Waals surface area (Å²) in [7, 11) is 0. The van der Waals surface area contributed by atoms with Crippen molar-refractivity contribution in [2.75, 3.05) is 26.2 Å². The third-order valence-electron chi connectivity index (χ3n) is 3.31. The minimum absolute atomic E-state index is 0.107. The van der Waals surface area contributed by atoms with Crippen LogP contribution in [0.4, 0.5) is 4.39 Å². The van der Waals surface area contributed by atoms with Crippen molar-refractivity contribution in [3.05, 3.63) is 34.1 Å². The lowest BCUT2D eigenvalue weighted by atomic mass is 10.0. The molecule has 1 aliphatic rings. The highest BCUT2D eigenvalue weighted by molar-refractivity contribution is 9.10. The minimum Gasteiger partial charge on any atom is -0.314 e. The smallest absolute Gasteiger partial charge is 0.129 e. The first-order valence-corrected chi connectivity index (χ1v) is 6.92. The fraction of sp³-hybridized carbons (Fsp3) is 0.538. The first-order valence-electron chi connectivity index (χ1n) is 6.12. The lowest BCUT2D eigenvalue weighted by molar-refractivity contribution is 0.165. The number of hydrogen-bond donors (Lipinski definition) is 1. The van der Waals surface area contributed by atoms with Crippen molar-refractivity contribution in [3.8, 4) is 0 Å². The van der Waals surface area contributed by atoms with E-state index in [1.54, 1.807) is 12.1 Å². The van der Waals surface area contributed by atoms with Crippen molar-refractivity contribution >= 4 is 15.9 Å². The van der Waals surface area contributed by atoms with Crippen LogP contribution in [0.2, 0.25) is 0 Å². The summed E-state index contributed by atoms with van der Waals surface area (Å²) >= 11 is 3.47.